The maximum atomic E-state index is 12.1. The summed E-state index contributed by atoms with van der Waals surface area (Å²) in [5, 5.41) is 2.59. The van der Waals surface area contributed by atoms with Crippen molar-refractivity contribution in [1.82, 2.24) is 15.3 Å². The first-order valence-electron chi connectivity index (χ1n) is 6.08. The van der Waals surface area contributed by atoms with Crippen LogP contribution in [0.3, 0.4) is 0 Å². The number of nitrogens with one attached hydrogen (secondary N) is 1. The Hall–Kier alpha value is -2.63. The fraction of sp³-hybridized carbons (Fsp3) is 0.214. The molecule has 0 radical (unpaired) electrons. The van der Waals surface area contributed by atoms with Crippen molar-refractivity contribution in [3.05, 3.63) is 35.5 Å². The minimum Gasteiger partial charge on any atom is -0.496 e. The number of benzene rings is 1. The van der Waals surface area contributed by atoms with Crippen molar-refractivity contribution in [3.8, 4) is 17.0 Å². The van der Waals surface area contributed by atoms with Crippen LogP contribution in [0, 0.1) is 6.92 Å². The number of nitrogen functional groups attached to an aromatic ring is 1. The van der Waals surface area contributed by atoms with Crippen molar-refractivity contribution >= 4 is 11.9 Å². The number of carbonyl (C=O) groups excluding carboxylic acids is 1. The topological polar surface area (TPSA) is 90.1 Å². The molecule has 104 valence electrons. The molecule has 6 nitrogen and oxygen atoms in total. The number of hydrogen-bond acceptors (Lipinski definition) is 5. The van der Waals surface area contributed by atoms with Gasteiger partial charge in [0.05, 0.1) is 24.1 Å². The van der Waals surface area contributed by atoms with Crippen LogP contribution in [0.1, 0.15) is 16.1 Å². The van der Waals surface area contributed by atoms with E-state index in [9.17, 15) is 4.79 Å². The second kappa shape index (κ2) is 5.56. The SMILES string of the molecule is CNC(=O)c1c(C)nc(N)nc1-c1ccccc1OC. The summed E-state index contributed by atoms with van der Waals surface area (Å²) in [7, 11) is 3.12. The molecular weight excluding hydrogens is 256 g/mol. The van der Waals surface area contributed by atoms with E-state index in [4.69, 9.17) is 10.5 Å². The van der Waals surface area contributed by atoms with Gasteiger partial charge in [0.15, 0.2) is 0 Å². The molecule has 0 saturated heterocycles. The van der Waals surface area contributed by atoms with Crippen molar-refractivity contribution < 1.29 is 9.53 Å². The number of aryl methyl sites for hydroxylation is 1. The standard InChI is InChI=1S/C14H16N4O2/c1-8-11(13(19)16-2)12(18-14(15)17-8)9-6-4-5-7-10(9)20-3/h4-7H,1-3H3,(H,16,19)(H2,15,17,18). The van der Waals surface area contributed by atoms with Crippen LogP contribution in [0.15, 0.2) is 24.3 Å². The number of carbonyl (C=O) groups is 1. The van der Waals surface area contributed by atoms with Crippen molar-refractivity contribution in [1.29, 1.82) is 0 Å². The monoisotopic (exact) mass is 272 g/mol. The Balaban J connectivity index is 2.75. The Morgan fingerprint density at radius 3 is 2.65 bits per heavy atom. The van der Waals surface area contributed by atoms with Crippen LogP contribution < -0.4 is 15.8 Å². The average molecular weight is 272 g/mol. The molecule has 0 atom stereocenters. The molecule has 1 amide bonds. The van der Waals surface area contributed by atoms with E-state index in [-0.39, 0.29) is 11.9 Å². The molecule has 0 unspecified atom stereocenters. The molecule has 1 heterocycles. The Morgan fingerprint density at radius 1 is 1.30 bits per heavy atom. The van der Waals surface area contributed by atoms with E-state index in [1.54, 1.807) is 27.1 Å². The molecule has 2 aromatic rings. The average Bonchev–Trinajstić information content (AvgIpc) is 2.45. The van der Waals surface area contributed by atoms with E-state index >= 15 is 0 Å². The molecule has 0 spiro atoms. The second-order valence-corrected chi connectivity index (χ2v) is 4.17. The number of para-hydroxylation sites is 1. The molecule has 1 aromatic heterocycles. The van der Waals surface area contributed by atoms with Gasteiger partial charge in [-0.3, -0.25) is 4.79 Å². The number of aromatic nitrogens is 2. The molecular formula is C14H16N4O2. The lowest BCUT2D eigenvalue weighted by Crippen LogP contribution is -2.22. The largest absolute Gasteiger partial charge is 0.496 e. The lowest BCUT2D eigenvalue weighted by molar-refractivity contribution is 0.0962. The molecule has 1 aromatic carbocycles. The number of nitrogens with two attached hydrogens (primary N) is 1. The third-order valence-electron chi connectivity index (χ3n) is 2.92. The first kappa shape index (κ1) is 13.8. The minimum atomic E-state index is -0.261. The highest BCUT2D eigenvalue weighted by Crippen LogP contribution is 2.31. The quantitative estimate of drug-likeness (QED) is 0.881. The van der Waals surface area contributed by atoms with Gasteiger partial charge >= 0.3 is 0 Å². The zero-order chi connectivity index (χ0) is 14.7. The van der Waals surface area contributed by atoms with Crippen molar-refractivity contribution in [2.45, 2.75) is 6.92 Å². The fourth-order valence-electron chi connectivity index (χ4n) is 2.03. The summed E-state index contributed by atoms with van der Waals surface area (Å²) in [6.45, 7) is 1.72. The summed E-state index contributed by atoms with van der Waals surface area (Å²) in [6.07, 6.45) is 0. The van der Waals surface area contributed by atoms with Crippen molar-refractivity contribution in [3.63, 3.8) is 0 Å². The van der Waals surface area contributed by atoms with Gasteiger partial charge in [-0.1, -0.05) is 12.1 Å². The lowest BCUT2D eigenvalue weighted by atomic mass is 10.0. The highest BCUT2D eigenvalue weighted by Gasteiger charge is 2.20. The summed E-state index contributed by atoms with van der Waals surface area (Å²) in [4.78, 5) is 20.3. The summed E-state index contributed by atoms with van der Waals surface area (Å²) >= 11 is 0. The van der Waals surface area contributed by atoms with E-state index in [1.807, 2.05) is 18.2 Å². The van der Waals surface area contributed by atoms with E-state index in [0.29, 0.717) is 28.3 Å². The first-order chi connectivity index (χ1) is 9.58. The third-order valence-corrected chi connectivity index (χ3v) is 2.92. The van der Waals surface area contributed by atoms with E-state index in [1.165, 1.54) is 0 Å². The van der Waals surface area contributed by atoms with Crippen LogP contribution >= 0.6 is 0 Å². The maximum Gasteiger partial charge on any atom is 0.255 e. The number of hydrogen-bond donors (Lipinski definition) is 2. The Bertz CT molecular complexity index is 656. The summed E-state index contributed by atoms with van der Waals surface area (Å²) in [5.41, 5.74) is 7.79. The van der Waals surface area contributed by atoms with Gasteiger partial charge in [-0.25, -0.2) is 9.97 Å². The zero-order valence-electron chi connectivity index (χ0n) is 11.6. The van der Waals surface area contributed by atoms with E-state index in [2.05, 4.69) is 15.3 Å². The Morgan fingerprint density at radius 2 is 2.00 bits per heavy atom. The van der Waals surface area contributed by atoms with Crippen LogP contribution in [0.5, 0.6) is 5.75 Å². The minimum absolute atomic E-state index is 0.121. The highest BCUT2D eigenvalue weighted by atomic mass is 16.5. The van der Waals surface area contributed by atoms with Gasteiger partial charge in [0.1, 0.15) is 5.75 Å². The number of rotatable bonds is 3. The maximum absolute atomic E-state index is 12.1. The number of nitrogens with zero attached hydrogens (tertiary/aromatic N) is 2. The number of methoxy groups -OCH3 is 1. The number of anilines is 1. The van der Waals surface area contributed by atoms with Gasteiger partial charge in [0.25, 0.3) is 5.91 Å². The summed E-state index contributed by atoms with van der Waals surface area (Å²) in [5.74, 6) is 0.481. The van der Waals surface area contributed by atoms with Crippen LogP contribution in [0.2, 0.25) is 0 Å². The van der Waals surface area contributed by atoms with Gasteiger partial charge < -0.3 is 15.8 Å². The van der Waals surface area contributed by atoms with Gasteiger partial charge in [0.2, 0.25) is 5.95 Å². The molecule has 0 bridgehead atoms. The van der Waals surface area contributed by atoms with Crippen LogP contribution in [0.4, 0.5) is 5.95 Å². The molecule has 0 aliphatic rings. The molecule has 0 aliphatic carbocycles. The Labute approximate surface area is 117 Å². The predicted octanol–water partition coefficient (Wildman–Crippen LogP) is 1.40. The molecule has 6 heteroatoms. The smallest absolute Gasteiger partial charge is 0.255 e. The lowest BCUT2D eigenvalue weighted by Gasteiger charge is -2.13. The molecule has 3 N–H and O–H groups in total. The first-order valence-corrected chi connectivity index (χ1v) is 6.08. The molecule has 0 saturated carbocycles. The Kier molecular flexibility index (Phi) is 3.84. The fourth-order valence-corrected chi connectivity index (χ4v) is 2.03. The van der Waals surface area contributed by atoms with Crippen molar-refractivity contribution in [2.24, 2.45) is 0 Å². The summed E-state index contributed by atoms with van der Waals surface area (Å²) < 4.78 is 5.31. The van der Waals surface area contributed by atoms with Crippen LogP contribution in [0.25, 0.3) is 11.3 Å². The number of amides is 1. The van der Waals surface area contributed by atoms with Gasteiger partial charge in [-0.2, -0.15) is 0 Å². The molecule has 20 heavy (non-hydrogen) atoms. The van der Waals surface area contributed by atoms with Crippen LogP contribution in [-0.4, -0.2) is 30.0 Å². The summed E-state index contributed by atoms with van der Waals surface area (Å²) in [6, 6.07) is 7.32. The van der Waals surface area contributed by atoms with Gasteiger partial charge in [-0.15, -0.1) is 0 Å². The van der Waals surface area contributed by atoms with Gasteiger partial charge in [0, 0.05) is 12.6 Å². The predicted molar refractivity (Wildman–Crippen MR) is 76.6 cm³/mol. The number of ether oxygens (including phenoxy) is 1. The van der Waals surface area contributed by atoms with Crippen molar-refractivity contribution in [2.75, 3.05) is 19.9 Å². The second-order valence-electron chi connectivity index (χ2n) is 4.17. The van der Waals surface area contributed by atoms with E-state index in [0.717, 1.165) is 0 Å². The van der Waals surface area contributed by atoms with Gasteiger partial charge in [-0.05, 0) is 19.1 Å². The molecule has 0 aliphatic heterocycles. The van der Waals surface area contributed by atoms with Crippen LogP contribution in [-0.2, 0) is 0 Å². The van der Waals surface area contributed by atoms with E-state index < -0.39 is 0 Å². The molecule has 0 fully saturated rings. The normalized spacial score (nSPS) is 10.2. The zero-order valence-corrected chi connectivity index (χ0v) is 11.6. The highest BCUT2D eigenvalue weighted by molar-refractivity contribution is 6.01. The molecule has 2 rings (SSSR count). The third kappa shape index (κ3) is 2.40.